The number of carbonyl (C=O) groups excluding carboxylic acids is 2. The van der Waals surface area contributed by atoms with Crippen LogP contribution in [0.2, 0.25) is 0 Å². The fourth-order valence-corrected chi connectivity index (χ4v) is 1.51. The van der Waals surface area contributed by atoms with Gasteiger partial charge in [0.25, 0.3) is 0 Å². The van der Waals surface area contributed by atoms with Crippen molar-refractivity contribution >= 4 is 11.8 Å². The van der Waals surface area contributed by atoms with Gasteiger partial charge in [-0.05, 0) is 25.3 Å². The van der Waals surface area contributed by atoms with E-state index in [0.717, 1.165) is 12.8 Å². The minimum atomic E-state index is -0.278. The molecule has 0 heterocycles. The van der Waals surface area contributed by atoms with Gasteiger partial charge in [-0.3, -0.25) is 14.4 Å². The van der Waals surface area contributed by atoms with Crippen molar-refractivity contribution in [3.8, 4) is 0 Å². The van der Waals surface area contributed by atoms with Crippen molar-refractivity contribution in [2.24, 2.45) is 0 Å². The molecule has 0 bridgehead atoms. The number of carbonyl (C=O) groups is 2. The lowest BCUT2D eigenvalue weighted by atomic mass is 10.1. The predicted molar refractivity (Wildman–Crippen MR) is 72.3 cm³/mol. The van der Waals surface area contributed by atoms with Crippen LogP contribution in [0.4, 0.5) is 0 Å². The van der Waals surface area contributed by atoms with Crippen molar-refractivity contribution in [3.05, 3.63) is 35.4 Å². The van der Waals surface area contributed by atoms with Crippen LogP contribution in [0.25, 0.3) is 0 Å². The van der Waals surface area contributed by atoms with Crippen LogP contribution in [0.1, 0.15) is 24.0 Å². The summed E-state index contributed by atoms with van der Waals surface area (Å²) < 4.78 is 0. The van der Waals surface area contributed by atoms with Crippen molar-refractivity contribution in [1.82, 2.24) is 10.8 Å². The summed E-state index contributed by atoms with van der Waals surface area (Å²) in [7, 11) is 1.51. The summed E-state index contributed by atoms with van der Waals surface area (Å²) >= 11 is 0. The lowest BCUT2D eigenvalue weighted by Crippen LogP contribution is -2.30. The third-order valence-electron chi connectivity index (χ3n) is 2.66. The first-order chi connectivity index (χ1) is 9.11. The zero-order valence-corrected chi connectivity index (χ0v) is 11.4. The second-order valence-electron chi connectivity index (χ2n) is 4.33. The topological polar surface area (TPSA) is 67.4 Å². The van der Waals surface area contributed by atoms with Gasteiger partial charge in [-0.1, -0.05) is 29.8 Å². The van der Waals surface area contributed by atoms with Gasteiger partial charge < -0.3 is 5.32 Å². The van der Waals surface area contributed by atoms with Crippen LogP contribution in [0.5, 0.6) is 0 Å². The first kappa shape index (κ1) is 15.2. The highest BCUT2D eigenvalue weighted by Crippen LogP contribution is 2.07. The number of rotatable bonds is 7. The molecule has 0 saturated heterocycles. The molecule has 0 aliphatic heterocycles. The molecule has 5 nitrogen and oxygen atoms in total. The molecule has 1 aromatic rings. The normalized spacial score (nSPS) is 10.0. The third kappa shape index (κ3) is 6.57. The Balaban J connectivity index is 2.13. The van der Waals surface area contributed by atoms with Crippen molar-refractivity contribution in [2.45, 2.75) is 26.2 Å². The summed E-state index contributed by atoms with van der Waals surface area (Å²) in [5.41, 5.74) is 4.68. The van der Waals surface area contributed by atoms with Crippen LogP contribution in [0.3, 0.4) is 0 Å². The maximum Gasteiger partial charge on any atom is 0.248 e. The molecule has 0 atom stereocenters. The summed E-state index contributed by atoms with van der Waals surface area (Å²) in [5.74, 6) is -0.490. The average molecular weight is 264 g/mol. The average Bonchev–Trinajstić information content (AvgIpc) is 2.41. The van der Waals surface area contributed by atoms with E-state index in [1.165, 1.54) is 18.2 Å². The van der Waals surface area contributed by atoms with Gasteiger partial charge in [-0.2, -0.15) is 0 Å². The van der Waals surface area contributed by atoms with E-state index in [0.29, 0.717) is 6.42 Å². The van der Waals surface area contributed by atoms with Crippen molar-refractivity contribution in [3.63, 3.8) is 0 Å². The SMILES string of the molecule is CNC(=O)CONC(=O)CCCc1ccc(C)cc1. The minimum absolute atomic E-state index is 0.166. The zero-order valence-electron chi connectivity index (χ0n) is 11.4. The van der Waals surface area contributed by atoms with E-state index in [1.807, 2.05) is 6.92 Å². The van der Waals surface area contributed by atoms with Crippen LogP contribution in [0.15, 0.2) is 24.3 Å². The number of likely N-dealkylation sites (N-methyl/N-ethyl adjacent to an activating group) is 1. The summed E-state index contributed by atoms with van der Waals surface area (Å²) in [6.07, 6.45) is 1.98. The van der Waals surface area contributed by atoms with Gasteiger partial charge in [-0.15, -0.1) is 0 Å². The van der Waals surface area contributed by atoms with Gasteiger partial charge in [0, 0.05) is 13.5 Å². The van der Waals surface area contributed by atoms with E-state index in [4.69, 9.17) is 4.84 Å². The lowest BCUT2D eigenvalue weighted by Gasteiger charge is -2.05. The first-order valence-electron chi connectivity index (χ1n) is 6.28. The van der Waals surface area contributed by atoms with E-state index in [9.17, 15) is 9.59 Å². The van der Waals surface area contributed by atoms with Crippen LogP contribution in [-0.4, -0.2) is 25.5 Å². The van der Waals surface area contributed by atoms with Crippen LogP contribution in [0, 0.1) is 6.92 Å². The fourth-order valence-electron chi connectivity index (χ4n) is 1.51. The van der Waals surface area contributed by atoms with Gasteiger partial charge in [0.1, 0.15) is 0 Å². The molecule has 0 unspecified atom stereocenters. The van der Waals surface area contributed by atoms with Crippen molar-refractivity contribution in [1.29, 1.82) is 0 Å². The molecule has 0 aromatic heterocycles. The number of hydroxylamine groups is 1. The van der Waals surface area contributed by atoms with Gasteiger partial charge in [0.2, 0.25) is 11.8 Å². The standard InChI is InChI=1S/C14H20N2O3/c1-11-6-8-12(9-7-11)4-3-5-13(17)16-19-10-14(18)15-2/h6-9H,3-5,10H2,1-2H3,(H,15,18)(H,16,17). The molecule has 2 N–H and O–H groups in total. The lowest BCUT2D eigenvalue weighted by molar-refractivity contribution is -0.139. The molecule has 0 aliphatic carbocycles. The molecular formula is C14H20N2O3. The highest BCUT2D eigenvalue weighted by atomic mass is 16.7. The quantitative estimate of drug-likeness (QED) is 0.725. The third-order valence-corrected chi connectivity index (χ3v) is 2.66. The van der Waals surface area contributed by atoms with E-state index in [2.05, 4.69) is 35.1 Å². The Morgan fingerprint density at radius 1 is 1.16 bits per heavy atom. The van der Waals surface area contributed by atoms with Crippen molar-refractivity contribution in [2.75, 3.05) is 13.7 Å². The highest BCUT2D eigenvalue weighted by molar-refractivity contribution is 5.78. The van der Waals surface area contributed by atoms with E-state index < -0.39 is 0 Å². The molecule has 5 heteroatoms. The molecule has 1 aromatic carbocycles. The molecule has 0 aliphatic rings. The Morgan fingerprint density at radius 3 is 2.47 bits per heavy atom. The monoisotopic (exact) mass is 264 g/mol. The Labute approximate surface area is 113 Å². The number of amides is 2. The zero-order chi connectivity index (χ0) is 14.1. The van der Waals surface area contributed by atoms with Crippen LogP contribution in [-0.2, 0) is 20.8 Å². The van der Waals surface area contributed by atoms with Gasteiger partial charge in [0.05, 0.1) is 0 Å². The van der Waals surface area contributed by atoms with Gasteiger partial charge >= 0.3 is 0 Å². The fraction of sp³-hybridized carbons (Fsp3) is 0.429. The molecule has 0 spiro atoms. The summed E-state index contributed by atoms with van der Waals surface area (Å²) in [4.78, 5) is 27.0. The van der Waals surface area contributed by atoms with Crippen LogP contribution < -0.4 is 10.8 Å². The van der Waals surface area contributed by atoms with E-state index in [1.54, 1.807) is 0 Å². The predicted octanol–water partition coefficient (Wildman–Crippen LogP) is 1.11. The maximum absolute atomic E-state index is 11.4. The van der Waals surface area contributed by atoms with Crippen molar-refractivity contribution < 1.29 is 14.4 Å². The molecular weight excluding hydrogens is 244 g/mol. The molecule has 104 valence electrons. The summed E-state index contributed by atoms with van der Waals surface area (Å²) in [5, 5.41) is 2.39. The maximum atomic E-state index is 11.4. The van der Waals surface area contributed by atoms with Crippen LogP contribution >= 0.6 is 0 Å². The number of hydrogen-bond donors (Lipinski definition) is 2. The Bertz CT molecular complexity index is 415. The van der Waals surface area contributed by atoms with Gasteiger partial charge in [-0.25, -0.2) is 5.48 Å². The molecule has 19 heavy (non-hydrogen) atoms. The van der Waals surface area contributed by atoms with E-state index >= 15 is 0 Å². The minimum Gasteiger partial charge on any atom is -0.357 e. The Hall–Kier alpha value is -1.88. The number of aryl methyl sites for hydroxylation is 2. The van der Waals surface area contributed by atoms with Gasteiger partial charge in [0.15, 0.2) is 6.61 Å². The summed E-state index contributed by atoms with van der Waals surface area (Å²) in [6, 6.07) is 8.24. The Kier molecular flexibility index (Phi) is 6.60. The second kappa shape index (κ2) is 8.26. The molecule has 0 saturated carbocycles. The summed E-state index contributed by atoms with van der Waals surface area (Å²) in [6.45, 7) is 1.88. The molecule has 0 radical (unpaired) electrons. The second-order valence-corrected chi connectivity index (χ2v) is 4.33. The number of benzene rings is 1. The largest absolute Gasteiger partial charge is 0.357 e. The molecule has 2 amide bonds. The smallest absolute Gasteiger partial charge is 0.248 e. The number of nitrogens with one attached hydrogen (secondary N) is 2. The number of hydrogen-bond acceptors (Lipinski definition) is 3. The van der Waals surface area contributed by atoms with E-state index in [-0.39, 0.29) is 18.4 Å². The Morgan fingerprint density at radius 2 is 1.84 bits per heavy atom. The molecule has 0 fully saturated rings. The highest BCUT2D eigenvalue weighted by Gasteiger charge is 2.03. The first-order valence-corrected chi connectivity index (χ1v) is 6.28. The molecule has 1 rings (SSSR count).